The van der Waals surface area contributed by atoms with Gasteiger partial charge in [-0.05, 0) is 18.6 Å². The Morgan fingerprint density at radius 3 is 2.70 bits per heavy atom. The number of halogens is 2. The number of benzene rings is 1. The van der Waals surface area contributed by atoms with Crippen LogP contribution in [0.2, 0.25) is 10.0 Å². The molecule has 2 N–H and O–H groups in total. The highest BCUT2D eigenvalue weighted by Gasteiger charge is 2.14. The van der Waals surface area contributed by atoms with Crippen LogP contribution in [0, 0.1) is 0 Å². The third kappa shape index (κ3) is 4.90. The maximum absolute atomic E-state index is 11.7. The molecule has 0 saturated heterocycles. The van der Waals surface area contributed by atoms with Crippen molar-refractivity contribution >= 4 is 35.2 Å². The largest absolute Gasteiger partial charge is 0.453 e. The second-order valence-corrected chi connectivity index (χ2v) is 4.89. The Labute approximate surface area is 127 Å². The fraction of sp³-hybridized carbons (Fsp3) is 0.385. The van der Waals surface area contributed by atoms with Gasteiger partial charge in [0.25, 0.3) is 0 Å². The molecule has 1 atom stereocenters. The molecule has 110 valence electrons. The van der Waals surface area contributed by atoms with Gasteiger partial charge < -0.3 is 15.4 Å². The molecule has 5 nitrogen and oxygen atoms in total. The van der Waals surface area contributed by atoms with Crippen molar-refractivity contribution in [1.82, 2.24) is 10.6 Å². The zero-order valence-electron chi connectivity index (χ0n) is 11.2. The number of rotatable bonds is 5. The zero-order valence-corrected chi connectivity index (χ0v) is 12.7. The molecular weight excluding hydrogens is 303 g/mol. The monoisotopic (exact) mass is 318 g/mol. The molecule has 0 aromatic heterocycles. The quantitative estimate of drug-likeness (QED) is 0.877. The number of amides is 2. The first kappa shape index (κ1) is 16.6. The molecule has 2 amide bonds. The Morgan fingerprint density at radius 2 is 2.05 bits per heavy atom. The van der Waals surface area contributed by atoms with Crippen molar-refractivity contribution in [3.8, 4) is 0 Å². The number of hydrogen-bond acceptors (Lipinski definition) is 3. The molecule has 0 spiro atoms. The summed E-state index contributed by atoms with van der Waals surface area (Å²) in [5.41, 5.74) is 0.744. The summed E-state index contributed by atoms with van der Waals surface area (Å²) >= 11 is 12.0. The van der Waals surface area contributed by atoms with E-state index in [-0.39, 0.29) is 24.9 Å². The molecule has 0 saturated carbocycles. The highest BCUT2D eigenvalue weighted by molar-refractivity contribution is 6.42. The van der Waals surface area contributed by atoms with Gasteiger partial charge in [-0.1, -0.05) is 35.3 Å². The summed E-state index contributed by atoms with van der Waals surface area (Å²) in [5.74, 6) is -0.204. The average Bonchev–Trinajstić information content (AvgIpc) is 2.41. The highest BCUT2D eigenvalue weighted by Crippen LogP contribution is 2.29. The van der Waals surface area contributed by atoms with Gasteiger partial charge in [-0.25, -0.2) is 4.79 Å². The molecule has 1 aromatic rings. The lowest BCUT2D eigenvalue weighted by molar-refractivity contribution is -0.121. The first-order valence-corrected chi connectivity index (χ1v) is 6.76. The third-order valence-corrected chi connectivity index (χ3v) is 3.47. The summed E-state index contributed by atoms with van der Waals surface area (Å²) in [4.78, 5) is 22.5. The molecule has 0 aliphatic heterocycles. The van der Waals surface area contributed by atoms with Gasteiger partial charge in [0, 0.05) is 13.0 Å². The van der Waals surface area contributed by atoms with Crippen LogP contribution in [0.1, 0.15) is 24.9 Å². The number of ether oxygens (including phenoxy) is 1. The SMILES string of the molecule is COC(=O)NCCC(=O)N[C@@H](C)c1cccc(Cl)c1Cl. The number of carbonyl (C=O) groups excluding carboxylic acids is 2. The number of alkyl carbamates (subject to hydrolysis) is 1. The summed E-state index contributed by atoms with van der Waals surface area (Å²) in [7, 11) is 1.26. The molecule has 0 heterocycles. The molecule has 0 aliphatic carbocycles. The first-order chi connectivity index (χ1) is 9.45. The van der Waals surface area contributed by atoms with Crippen LogP contribution >= 0.6 is 23.2 Å². The summed E-state index contributed by atoms with van der Waals surface area (Å²) < 4.78 is 4.40. The van der Waals surface area contributed by atoms with Crippen molar-refractivity contribution in [1.29, 1.82) is 0 Å². The van der Waals surface area contributed by atoms with Gasteiger partial charge in [-0.2, -0.15) is 0 Å². The second kappa shape index (κ2) is 7.97. The van der Waals surface area contributed by atoms with Crippen molar-refractivity contribution in [3.63, 3.8) is 0 Å². The zero-order chi connectivity index (χ0) is 15.1. The van der Waals surface area contributed by atoms with Crippen molar-refractivity contribution in [3.05, 3.63) is 33.8 Å². The highest BCUT2D eigenvalue weighted by atomic mass is 35.5. The van der Waals surface area contributed by atoms with Gasteiger partial charge in [0.1, 0.15) is 0 Å². The van der Waals surface area contributed by atoms with Gasteiger partial charge in [0.15, 0.2) is 0 Å². The molecule has 1 aromatic carbocycles. The molecule has 20 heavy (non-hydrogen) atoms. The van der Waals surface area contributed by atoms with E-state index in [4.69, 9.17) is 23.2 Å². The van der Waals surface area contributed by atoms with E-state index in [1.165, 1.54) is 7.11 Å². The van der Waals surface area contributed by atoms with Crippen molar-refractivity contribution < 1.29 is 14.3 Å². The average molecular weight is 319 g/mol. The van der Waals surface area contributed by atoms with Crippen molar-refractivity contribution in [2.45, 2.75) is 19.4 Å². The van der Waals surface area contributed by atoms with Crippen molar-refractivity contribution in [2.75, 3.05) is 13.7 Å². The van der Waals surface area contributed by atoms with E-state index >= 15 is 0 Å². The van der Waals surface area contributed by atoms with E-state index in [0.717, 1.165) is 5.56 Å². The maximum atomic E-state index is 11.7. The van der Waals surface area contributed by atoms with Gasteiger partial charge in [-0.15, -0.1) is 0 Å². The Bertz CT molecular complexity index is 495. The number of carbonyl (C=O) groups is 2. The van der Waals surface area contributed by atoms with E-state index < -0.39 is 6.09 Å². The van der Waals surface area contributed by atoms with Crippen LogP contribution in [0.3, 0.4) is 0 Å². The molecule has 7 heteroatoms. The summed E-state index contributed by atoms with van der Waals surface area (Å²) in [6.07, 6.45) is -0.416. The predicted octanol–water partition coefficient (Wildman–Crippen LogP) is 2.92. The Kier molecular flexibility index (Phi) is 6.61. The minimum Gasteiger partial charge on any atom is -0.453 e. The molecule has 0 aliphatic rings. The number of nitrogens with one attached hydrogen (secondary N) is 2. The van der Waals surface area contributed by atoms with E-state index in [1.807, 2.05) is 6.92 Å². The van der Waals surface area contributed by atoms with Gasteiger partial charge in [0.2, 0.25) is 5.91 Å². The van der Waals surface area contributed by atoms with Crippen LogP contribution in [0.15, 0.2) is 18.2 Å². The first-order valence-electron chi connectivity index (χ1n) is 6.00. The van der Waals surface area contributed by atoms with Gasteiger partial charge in [0.05, 0.1) is 23.2 Å². The fourth-order valence-electron chi connectivity index (χ4n) is 1.60. The van der Waals surface area contributed by atoms with Crippen molar-refractivity contribution in [2.24, 2.45) is 0 Å². The van der Waals surface area contributed by atoms with Crippen LogP contribution < -0.4 is 10.6 Å². The van der Waals surface area contributed by atoms with Gasteiger partial charge in [-0.3, -0.25) is 4.79 Å². The lowest BCUT2D eigenvalue weighted by atomic mass is 10.1. The lowest BCUT2D eigenvalue weighted by Gasteiger charge is -2.16. The Balaban J connectivity index is 2.49. The van der Waals surface area contributed by atoms with Gasteiger partial charge >= 0.3 is 6.09 Å². The lowest BCUT2D eigenvalue weighted by Crippen LogP contribution is -2.32. The molecule has 0 radical (unpaired) electrons. The molecule has 0 fully saturated rings. The predicted molar refractivity (Wildman–Crippen MR) is 78.0 cm³/mol. The molecule has 0 unspecified atom stereocenters. The maximum Gasteiger partial charge on any atom is 0.406 e. The smallest absolute Gasteiger partial charge is 0.406 e. The minimum absolute atomic E-state index is 0.150. The normalized spacial score (nSPS) is 11.6. The second-order valence-electron chi connectivity index (χ2n) is 4.10. The molecular formula is C13H16Cl2N2O3. The van der Waals surface area contributed by atoms with Crippen LogP contribution in [-0.2, 0) is 9.53 Å². The number of methoxy groups -OCH3 is 1. The minimum atomic E-state index is -0.566. The Hall–Kier alpha value is -1.46. The summed E-state index contributed by atoms with van der Waals surface area (Å²) in [6.45, 7) is 2.01. The van der Waals surface area contributed by atoms with Crippen LogP contribution in [0.25, 0.3) is 0 Å². The third-order valence-electron chi connectivity index (χ3n) is 2.63. The van der Waals surface area contributed by atoms with Crippen LogP contribution in [0.5, 0.6) is 0 Å². The topological polar surface area (TPSA) is 67.4 Å². The van der Waals surface area contributed by atoms with Crippen LogP contribution in [0.4, 0.5) is 4.79 Å². The number of hydrogen-bond donors (Lipinski definition) is 2. The molecule has 1 rings (SSSR count). The van der Waals surface area contributed by atoms with E-state index in [1.54, 1.807) is 18.2 Å². The Morgan fingerprint density at radius 1 is 1.35 bits per heavy atom. The standard InChI is InChI=1S/C13H16Cl2N2O3/c1-8(9-4-3-5-10(14)12(9)15)17-11(18)6-7-16-13(19)20-2/h3-5,8H,6-7H2,1-2H3,(H,16,19)(H,17,18)/t8-/m0/s1. The fourth-order valence-corrected chi connectivity index (χ4v) is 2.07. The van der Waals surface area contributed by atoms with E-state index in [2.05, 4.69) is 15.4 Å². The summed E-state index contributed by atoms with van der Waals surface area (Å²) in [6, 6.07) is 4.98. The van der Waals surface area contributed by atoms with E-state index in [0.29, 0.717) is 10.0 Å². The molecule has 0 bridgehead atoms. The van der Waals surface area contributed by atoms with Crippen LogP contribution in [-0.4, -0.2) is 25.7 Å². The van der Waals surface area contributed by atoms with E-state index in [9.17, 15) is 9.59 Å². The summed E-state index contributed by atoms with van der Waals surface area (Å²) in [5, 5.41) is 6.08.